The summed E-state index contributed by atoms with van der Waals surface area (Å²) in [5.74, 6) is -0.253. The molecule has 0 radical (unpaired) electrons. The molecule has 0 saturated carbocycles. The number of hydrogen-bond acceptors (Lipinski definition) is 4. The van der Waals surface area contributed by atoms with Crippen molar-refractivity contribution in [1.82, 2.24) is 14.9 Å². The summed E-state index contributed by atoms with van der Waals surface area (Å²) in [5, 5.41) is 9.48. The molecule has 1 fully saturated rings. The van der Waals surface area contributed by atoms with Crippen molar-refractivity contribution >= 4 is 5.97 Å². The van der Waals surface area contributed by atoms with Crippen molar-refractivity contribution < 1.29 is 9.90 Å². The van der Waals surface area contributed by atoms with Crippen molar-refractivity contribution in [3.05, 3.63) is 47.4 Å². The highest BCUT2D eigenvalue weighted by Crippen LogP contribution is 2.33. The first-order valence-corrected chi connectivity index (χ1v) is 8.91. The van der Waals surface area contributed by atoms with E-state index in [2.05, 4.69) is 28.7 Å². The number of nitrogens with zero attached hydrogens (tertiary/aromatic N) is 3. The summed E-state index contributed by atoms with van der Waals surface area (Å²) in [6, 6.07) is 9.72. The maximum absolute atomic E-state index is 11.6. The zero-order chi connectivity index (χ0) is 18.0. The third-order valence-corrected chi connectivity index (χ3v) is 4.84. The van der Waals surface area contributed by atoms with Crippen LogP contribution in [0.15, 0.2) is 30.3 Å². The number of hydrogen-bond donors (Lipinski definition) is 1. The monoisotopic (exact) mass is 339 g/mol. The quantitative estimate of drug-likeness (QED) is 0.909. The van der Waals surface area contributed by atoms with Gasteiger partial charge >= 0.3 is 5.97 Å². The first-order valence-electron chi connectivity index (χ1n) is 8.91. The van der Waals surface area contributed by atoms with E-state index in [0.717, 1.165) is 18.7 Å². The lowest BCUT2D eigenvalue weighted by molar-refractivity contribution is 0.0697. The van der Waals surface area contributed by atoms with E-state index in [1.807, 2.05) is 25.1 Å². The first kappa shape index (κ1) is 17.5. The minimum atomic E-state index is -0.935. The Morgan fingerprint density at radius 1 is 1.24 bits per heavy atom. The zero-order valence-corrected chi connectivity index (χ0v) is 15.1. The third-order valence-electron chi connectivity index (χ3n) is 4.84. The number of piperidine rings is 1. The lowest BCUT2D eigenvalue weighted by Gasteiger charge is -2.38. The standard InChI is InChI=1S/C20H25N3O2/c1-13(2)23-11-7-6-10-19(23)18-12-17(21-14(3)22-18)15-8-4-5-9-16(15)20(24)25/h4-5,8-9,12-13,19H,6-7,10-11H2,1-3H3,(H,24,25)/t19-/m1/s1. The van der Waals surface area contributed by atoms with E-state index in [1.165, 1.54) is 12.8 Å². The van der Waals surface area contributed by atoms with E-state index >= 15 is 0 Å². The highest BCUT2D eigenvalue weighted by molar-refractivity contribution is 5.95. The largest absolute Gasteiger partial charge is 0.478 e. The van der Waals surface area contributed by atoms with Crippen LogP contribution in [-0.4, -0.2) is 38.5 Å². The molecule has 1 aromatic carbocycles. The van der Waals surface area contributed by atoms with Crippen molar-refractivity contribution in [1.29, 1.82) is 0 Å². The Labute approximate surface area is 148 Å². The molecule has 3 rings (SSSR count). The van der Waals surface area contributed by atoms with Crippen LogP contribution in [0.1, 0.15) is 61.0 Å². The molecule has 0 spiro atoms. The van der Waals surface area contributed by atoms with Gasteiger partial charge in [-0.05, 0) is 52.3 Å². The molecular weight excluding hydrogens is 314 g/mol. The topological polar surface area (TPSA) is 66.3 Å². The maximum atomic E-state index is 11.6. The number of carboxylic acid groups (broad SMARTS) is 1. The number of aryl methyl sites for hydroxylation is 1. The number of benzene rings is 1. The van der Waals surface area contributed by atoms with Crippen LogP contribution in [0.2, 0.25) is 0 Å². The molecule has 0 amide bonds. The summed E-state index contributed by atoms with van der Waals surface area (Å²) in [7, 11) is 0. The second kappa shape index (κ2) is 7.31. The van der Waals surface area contributed by atoms with Crippen LogP contribution in [-0.2, 0) is 0 Å². The normalized spacial score (nSPS) is 18.5. The summed E-state index contributed by atoms with van der Waals surface area (Å²) < 4.78 is 0. The van der Waals surface area contributed by atoms with Crippen molar-refractivity contribution in [2.75, 3.05) is 6.54 Å². The number of carboxylic acids is 1. The van der Waals surface area contributed by atoms with Gasteiger partial charge in [-0.1, -0.05) is 24.6 Å². The second-order valence-corrected chi connectivity index (χ2v) is 6.92. The number of aromatic carboxylic acids is 1. The average molecular weight is 339 g/mol. The van der Waals surface area contributed by atoms with Gasteiger partial charge in [0.1, 0.15) is 5.82 Å². The van der Waals surface area contributed by atoms with Crippen molar-refractivity contribution in [3.63, 3.8) is 0 Å². The molecule has 25 heavy (non-hydrogen) atoms. The molecule has 1 atom stereocenters. The number of aromatic nitrogens is 2. The SMILES string of the molecule is Cc1nc(-c2ccccc2C(=O)O)cc([C@H]2CCCCN2C(C)C)n1. The Morgan fingerprint density at radius 3 is 2.72 bits per heavy atom. The highest BCUT2D eigenvalue weighted by atomic mass is 16.4. The smallest absolute Gasteiger partial charge is 0.336 e. The summed E-state index contributed by atoms with van der Waals surface area (Å²) in [6.07, 6.45) is 3.49. The van der Waals surface area contributed by atoms with Crippen LogP contribution in [0.25, 0.3) is 11.3 Å². The minimum Gasteiger partial charge on any atom is -0.478 e. The molecule has 1 aromatic heterocycles. The van der Waals surface area contributed by atoms with Crippen LogP contribution < -0.4 is 0 Å². The van der Waals surface area contributed by atoms with Crippen molar-refractivity contribution in [2.24, 2.45) is 0 Å². The maximum Gasteiger partial charge on any atom is 0.336 e. The first-order chi connectivity index (χ1) is 12.0. The number of likely N-dealkylation sites (tertiary alicyclic amines) is 1. The van der Waals surface area contributed by atoms with Crippen molar-refractivity contribution in [2.45, 2.75) is 52.1 Å². The van der Waals surface area contributed by atoms with Gasteiger partial charge in [0.05, 0.1) is 23.0 Å². The Bertz CT molecular complexity index is 773. The molecule has 132 valence electrons. The summed E-state index contributed by atoms with van der Waals surface area (Å²) in [5.41, 5.74) is 2.61. The van der Waals surface area contributed by atoms with E-state index in [4.69, 9.17) is 0 Å². The molecule has 1 aliphatic rings. The van der Waals surface area contributed by atoms with Gasteiger partial charge in [-0.25, -0.2) is 14.8 Å². The van der Waals surface area contributed by atoms with E-state index in [1.54, 1.807) is 12.1 Å². The number of rotatable bonds is 4. The Morgan fingerprint density at radius 2 is 2.00 bits per heavy atom. The minimum absolute atomic E-state index is 0.270. The fourth-order valence-corrected chi connectivity index (χ4v) is 3.68. The van der Waals surface area contributed by atoms with Crippen molar-refractivity contribution in [3.8, 4) is 11.3 Å². The molecule has 0 bridgehead atoms. The molecule has 5 heteroatoms. The van der Waals surface area contributed by atoms with Crippen LogP contribution >= 0.6 is 0 Å². The van der Waals surface area contributed by atoms with E-state index in [9.17, 15) is 9.90 Å². The molecule has 5 nitrogen and oxygen atoms in total. The van der Waals surface area contributed by atoms with Gasteiger partial charge in [-0.15, -0.1) is 0 Å². The zero-order valence-electron chi connectivity index (χ0n) is 15.1. The van der Waals surface area contributed by atoms with Gasteiger partial charge in [-0.2, -0.15) is 0 Å². The van der Waals surface area contributed by atoms with Gasteiger partial charge < -0.3 is 5.11 Å². The fraction of sp³-hybridized carbons (Fsp3) is 0.450. The van der Waals surface area contributed by atoms with Crippen LogP contribution in [0.3, 0.4) is 0 Å². The summed E-state index contributed by atoms with van der Waals surface area (Å²) in [6.45, 7) is 7.38. The molecule has 1 saturated heterocycles. The van der Waals surface area contributed by atoms with Gasteiger partial charge in [-0.3, -0.25) is 4.90 Å². The predicted molar refractivity (Wildman–Crippen MR) is 97.6 cm³/mol. The molecule has 1 aliphatic heterocycles. The van der Waals surface area contributed by atoms with Crippen LogP contribution in [0, 0.1) is 6.92 Å². The van der Waals surface area contributed by atoms with Gasteiger partial charge in [0.2, 0.25) is 0 Å². The van der Waals surface area contributed by atoms with Gasteiger partial charge in [0.15, 0.2) is 0 Å². The molecule has 2 heterocycles. The Balaban J connectivity index is 2.06. The molecule has 0 unspecified atom stereocenters. The molecular formula is C20H25N3O2. The fourth-order valence-electron chi connectivity index (χ4n) is 3.68. The predicted octanol–water partition coefficient (Wildman–Crippen LogP) is 4.09. The Hall–Kier alpha value is -2.27. The second-order valence-electron chi connectivity index (χ2n) is 6.92. The van der Waals surface area contributed by atoms with Crippen LogP contribution in [0.5, 0.6) is 0 Å². The third kappa shape index (κ3) is 3.71. The molecule has 0 aliphatic carbocycles. The number of carbonyl (C=O) groups is 1. The summed E-state index contributed by atoms with van der Waals surface area (Å²) >= 11 is 0. The average Bonchev–Trinajstić information content (AvgIpc) is 2.61. The van der Waals surface area contributed by atoms with Gasteiger partial charge in [0.25, 0.3) is 0 Å². The van der Waals surface area contributed by atoms with Crippen LogP contribution in [0.4, 0.5) is 0 Å². The lowest BCUT2D eigenvalue weighted by Crippen LogP contribution is -2.39. The summed E-state index contributed by atoms with van der Waals surface area (Å²) in [4.78, 5) is 23.2. The van der Waals surface area contributed by atoms with Gasteiger partial charge in [0, 0.05) is 11.6 Å². The highest BCUT2D eigenvalue weighted by Gasteiger charge is 2.28. The van der Waals surface area contributed by atoms with E-state index in [0.29, 0.717) is 23.1 Å². The van der Waals surface area contributed by atoms with E-state index in [-0.39, 0.29) is 11.6 Å². The molecule has 2 aromatic rings. The Kier molecular flexibility index (Phi) is 5.13. The lowest BCUT2D eigenvalue weighted by atomic mass is 9.96. The molecule has 1 N–H and O–H groups in total. The van der Waals surface area contributed by atoms with E-state index < -0.39 is 5.97 Å².